The van der Waals surface area contributed by atoms with E-state index < -0.39 is 0 Å². The maximum absolute atomic E-state index is 5.13. The van der Waals surface area contributed by atoms with E-state index in [2.05, 4.69) is 26.4 Å². The zero-order valence-corrected chi connectivity index (χ0v) is 11.7. The van der Waals surface area contributed by atoms with Gasteiger partial charge >= 0.3 is 0 Å². The second kappa shape index (κ2) is 5.79. The number of nitrogens with one attached hydrogen (secondary N) is 1. The third kappa shape index (κ3) is 3.08. The van der Waals surface area contributed by atoms with Crippen LogP contribution in [-0.2, 0) is 13.5 Å². The zero-order chi connectivity index (χ0) is 13.8. The molecule has 19 heavy (non-hydrogen) atoms. The molecule has 0 aliphatic rings. The molecule has 0 spiro atoms. The van der Waals surface area contributed by atoms with Crippen LogP contribution in [0.3, 0.4) is 0 Å². The van der Waals surface area contributed by atoms with E-state index in [1.54, 1.807) is 7.11 Å². The summed E-state index contributed by atoms with van der Waals surface area (Å²) in [7, 11) is 5.48. The molecule has 1 unspecified atom stereocenters. The molecule has 0 aliphatic carbocycles. The summed E-state index contributed by atoms with van der Waals surface area (Å²) in [6.07, 6.45) is 2.33. The van der Waals surface area contributed by atoms with Crippen LogP contribution in [0, 0.1) is 6.92 Å². The number of hydrogen-bond acceptors (Lipinski definition) is 5. The summed E-state index contributed by atoms with van der Waals surface area (Å²) in [5.41, 5.74) is 3.09. The highest BCUT2D eigenvalue weighted by atomic mass is 16.5. The zero-order valence-electron chi connectivity index (χ0n) is 11.7. The molecule has 2 heterocycles. The Morgan fingerprint density at radius 3 is 2.74 bits per heavy atom. The molecule has 2 rings (SSSR count). The predicted molar refractivity (Wildman–Crippen MR) is 72.0 cm³/mol. The van der Waals surface area contributed by atoms with Gasteiger partial charge in [0.15, 0.2) is 0 Å². The van der Waals surface area contributed by atoms with Crippen LogP contribution in [-0.4, -0.2) is 33.9 Å². The number of rotatable bonds is 5. The number of hydrogen-bond donors (Lipinski definition) is 1. The van der Waals surface area contributed by atoms with E-state index in [4.69, 9.17) is 4.74 Å². The van der Waals surface area contributed by atoms with Crippen LogP contribution in [0.2, 0.25) is 0 Å². The van der Waals surface area contributed by atoms with Gasteiger partial charge in [0.2, 0.25) is 5.88 Å². The maximum Gasteiger partial charge on any atom is 0.216 e. The molecule has 0 amide bonds. The largest absolute Gasteiger partial charge is 0.481 e. The molecule has 0 bridgehead atoms. The van der Waals surface area contributed by atoms with Crippen LogP contribution in [0.1, 0.15) is 23.1 Å². The Balaban J connectivity index is 2.22. The Labute approximate surface area is 112 Å². The summed E-state index contributed by atoms with van der Waals surface area (Å²) in [5, 5.41) is 7.62. The molecular formula is C13H19N5O. The minimum Gasteiger partial charge on any atom is -0.481 e. The average Bonchev–Trinajstić information content (AvgIpc) is 2.74. The summed E-state index contributed by atoms with van der Waals surface area (Å²) in [6.45, 7) is 1.99. The number of nitrogens with zero attached hydrogens (tertiary/aromatic N) is 4. The topological polar surface area (TPSA) is 64.9 Å². The highest BCUT2D eigenvalue weighted by Gasteiger charge is 2.15. The summed E-state index contributed by atoms with van der Waals surface area (Å²) < 4.78 is 7.03. The van der Waals surface area contributed by atoms with Crippen molar-refractivity contribution in [1.29, 1.82) is 0 Å². The number of likely N-dealkylation sites (N-methyl/N-ethyl adjacent to an activating group) is 1. The van der Waals surface area contributed by atoms with Crippen LogP contribution in [0.5, 0.6) is 5.88 Å². The predicted octanol–water partition coefficient (Wildman–Crippen LogP) is 1.03. The van der Waals surface area contributed by atoms with Crippen LogP contribution in [0.15, 0.2) is 18.5 Å². The number of ether oxygens (including phenoxy) is 1. The first-order valence-corrected chi connectivity index (χ1v) is 6.16. The van der Waals surface area contributed by atoms with Gasteiger partial charge < -0.3 is 10.1 Å². The van der Waals surface area contributed by atoms with Crippen molar-refractivity contribution in [3.05, 3.63) is 35.5 Å². The standard InChI is InChI=1S/C13H19N5O/c1-9-5-10(18(3)17-9)6-11(14-2)12-7-13(19-4)16-8-15-12/h5,7-8,11,14H,6H2,1-4H3. The molecule has 6 heteroatoms. The first kappa shape index (κ1) is 13.5. The summed E-state index contributed by atoms with van der Waals surface area (Å²) in [5.74, 6) is 0.575. The third-order valence-electron chi connectivity index (χ3n) is 3.09. The van der Waals surface area contributed by atoms with Gasteiger partial charge in [0.1, 0.15) is 6.33 Å². The van der Waals surface area contributed by atoms with E-state index in [0.29, 0.717) is 5.88 Å². The lowest BCUT2D eigenvalue weighted by molar-refractivity contribution is 0.394. The molecule has 6 nitrogen and oxygen atoms in total. The fraction of sp³-hybridized carbons (Fsp3) is 0.462. The molecule has 2 aromatic rings. The van der Waals surface area contributed by atoms with Gasteiger partial charge in [-0.1, -0.05) is 0 Å². The molecule has 1 N–H and O–H groups in total. The summed E-state index contributed by atoms with van der Waals surface area (Å²) in [4.78, 5) is 8.33. The van der Waals surface area contributed by atoms with Gasteiger partial charge in [-0.2, -0.15) is 5.10 Å². The SMILES string of the molecule is CNC(Cc1cc(C)nn1C)c1cc(OC)ncn1. The second-order valence-corrected chi connectivity index (χ2v) is 4.43. The molecule has 0 aromatic carbocycles. The maximum atomic E-state index is 5.13. The van der Waals surface area contributed by atoms with Crippen LogP contribution >= 0.6 is 0 Å². The van der Waals surface area contributed by atoms with E-state index in [1.165, 1.54) is 6.33 Å². The second-order valence-electron chi connectivity index (χ2n) is 4.43. The third-order valence-corrected chi connectivity index (χ3v) is 3.09. The van der Waals surface area contributed by atoms with Crippen LogP contribution in [0.25, 0.3) is 0 Å². The quantitative estimate of drug-likeness (QED) is 0.871. The van der Waals surface area contributed by atoms with Gasteiger partial charge in [-0.25, -0.2) is 9.97 Å². The van der Waals surface area contributed by atoms with Crippen molar-refractivity contribution >= 4 is 0 Å². The van der Waals surface area contributed by atoms with E-state index in [0.717, 1.165) is 23.5 Å². The normalized spacial score (nSPS) is 12.4. The summed E-state index contributed by atoms with van der Waals surface area (Å²) >= 11 is 0. The fourth-order valence-corrected chi connectivity index (χ4v) is 2.07. The van der Waals surface area contributed by atoms with Gasteiger partial charge in [-0.15, -0.1) is 0 Å². The van der Waals surface area contributed by atoms with Crippen molar-refractivity contribution in [2.24, 2.45) is 7.05 Å². The van der Waals surface area contributed by atoms with Crippen molar-refractivity contribution in [1.82, 2.24) is 25.1 Å². The Hall–Kier alpha value is -1.95. The number of aromatic nitrogens is 4. The molecule has 1 atom stereocenters. The molecule has 0 fully saturated rings. The van der Waals surface area contributed by atoms with E-state index in [9.17, 15) is 0 Å². The lowest BCUT2D eigenvalue weighted by Crippen LogP contribution is -2.21. The van der Waals surface area contributed by atoms with Crippen molar-refractivity contribution in [3.63, 3.8) is 0 Å². The van der Waals surface area contributed by atoms with Crippen molar-refractivity contribution < 1.29 is 4.74 Å². The molecular weight excluding hydrogens is 242 g/mol. The molecule has 0 saturated carbocycles. The minimum atomic E-state index is 0.103. The highest BCUT2D eigenvalue weighted by molar-refractivity contribution is 5.19. The monoisotopic (exact) mass is 261 g/mol. The smallest absolute Gasteiger partial charge is 0.216 e. The highest BCUT2D eigenvalue weighted by Crippen LogP contribution is 2.18. The van der Waals surface area contributed by atoms with Gasteiger partial charge in [0, 0.05) is 25.2 Å². The van der Waals surface area contributed by atoms with E-state index >= 15 is 0 Å². The number of aryl methyl sites for hydroxylation is 2. The molecule has 0 radical (unpaired) electrons. The Bertz CT molecular complexity index is 552. The van der Waals surface area contributed by atoms with Gasteiger partial charge in [0.25, 0.3) is 0 Å². The molecule has 2 aromatic heterocycles. The summed E-state index contributed by atoms with van der Waals surface area (Å²) in [6, 6.07) is 4.04. The van der Waals surface area contributed by atoms with Crippen molar-refractivity contribution in [2.45, 2.75) is 19.4 Å². The first-order chi connectivity index (χ1) is 9.13. The van der Waals surface area contributed by atoms with Gasteiger partial charge in [0.05, 0.1) is 24.5 Å². The lowest BCUT2D eigenvalue weighted by atomic mass is 10.1. The molecule has 0 saturated heterocycles. The molecule has 102 valence electrons. The Morgan fingerprint density at radius 1 is 1.37 bits per heavy atom. The Kier molecular flexibility index (Phi) is 4.11. The van der Waals surface area contributed by atoms with Crippen LogP contribution in [0.4, 0.5) is 0 Å². The van der Waals surface area contributed by atoms with Crippen molar-refractivity contribution in [3.8, 4) is 5.88 Å². The number of methoxy groups -OCH3 is 1. The Morgan fingerprint density at radius 2 is 2.16 bits per heavy atom. The lowest BCUT2D eigenvalue weighted by Gasteiger charge is -2.15. The van der Waals surface area contributed by atoms with Crippen LogP contribution < -0.4 is 10.1 Å². The van der Waals surface area contributed by atoms with E-state index in [-0.39, 0.29) is 6.04 Å². The average molecular weight is 261 g/mol. The molecule has 0 aliphatic heterocycles. The van der Waals surface area contributed by atoms with E-state index in [1.807, 2.05) is 31.8 Å². The first-order valence-electron chi connectivity index (χ1n) is 6.16. The fourth-order valence-electron chi connectivity index (χ4n) is 2.07. The van der Waals surface area contributed by atoms with Gasteiger partial charge in [-0.3, -0.25) is 4.68 Å². The minimum absolute atomic E-state index is 0.103. The van der Waals surface area contributed by atoms with Gasteiger partial charge in [-0.05, 0) is 20.0 Å². The van der Waals surface area contributed by atoms with Crippen molar-refractivity contribution in [2.75, 3.05) is 14.2 Å².